The van der Waals surface area contributed by atoms with Gasteiger partial charge in [0, 0.05) is 11.8 Å². The van der Waals surface area contributed by atoms with E-state index in [-0.39, 0.29) is 0 Å². The Morgan fingerprint density at radius 1 is 1.40 bits per heavy atom. The molecule has 3 nitrogen and oxygen atoms in total. The van der Waals surface area contributed by atoms with Gasteiger partial charge in [-0.3, -0.25) is 0 Å². The van der Waals surface area contributed by atoms with Crippen LogP contribution in [0, 0.1) is 0 Å². The zero-order valence-corrected chi connectivity index (χ0v) is 9.86. The molecule has 0 N–H and O–H groups in total. The lowest BCUT2D eigenvalue weighted by molar-refractivity contribution is 0.234. The first-order chi connectivity index (χ1) is 7.16. The number of oxazole rings is 1. The van der Waals surface area contributed by atoms with Crippen LogP contribution in [-0.2, 0) is 0 Å². The molecule has 0 atom stereocenters. The molecule has 3 heteroatoms. The summed E-state index contributed by atoms with van der Waals surface area (Å²) in [6, 6.07) is 0. The maximum Gasteiger partial charge on any atom is 0.197 e. The minimum atomic E-state index is 0.442. The highest BCUT2D eigenvalue weighted by atomic mass is 16.4. The molecule has 0 bridgehead atoms. The first-order valence-electron chi connectivity index (χ1n) is 5.81. The molecule has 1 aromatic rings. The van der Waals surface area contributed by atoms with Crippen molar-refractivity contribution >= 4 is 0 Å². The average Bonchev–Trinajstić information content (AvgIpc) is 2.68. The normalized spacial score (nSPS) is 20.0. The Balaban J connectivity index is 2.03. The van der Waals surface area contributed by atoms with E-state index in [1.807, 2.05) is 6.20 Å². The summed E-state index contributed by atoms with van der Waals surface area (Å²) in [6.07, 6.45) is 4.24. The number of piperidine rings is 1. The number of aromatic nitrogens is 1. The van der Waals surface area contributed by atoms with Crippen LogP contribution >= 0.6 is 0 Å². The molecule has 0 spiro atoms. The summed E-state index contributed by atoms with van der Waals surface area (Å²) in [5.74, 6) is 2.95. The highest BCUT2D eigenvalue weighted by molar-refractivity contribution is 5.03. The smallest absolute Gasteiger partial charge is 0.197 e. The Labute approximate surface area is 91.5 Å². The summed E-state index contributed by atoms with van der Waals surface area (Å²) in [4.78, 5) is 6.76. The van der Waals surface area contributed by atoms with E-state index in [1.54, 1.807) is 0 Å². The van der Waals surface area contributed by atoms with Crippen molar-refractivity contribution in [3.63, 3.8) is 0 Å². The highest BCUT2D eigenvalue weighted by Gasteiger charge is 2.22. The van der Waals surface area contributed by atoms with Crippen LogP contribution in [0.3, 0.4) is 0 Å². The molecule has 0 saturated carbocycles. The standard InChI is InChI=1S/C12H20N2O/c1-9(2)11-8-13-12(15-11)10-4-6-14(3)7-5-10/h8-10H,4-7H2,1-3H3. The van der Waals surface area contributed by atoms with E-state index in [2.05, 4.69) is 30.8 Å². The molecule has 0 aliphatic carbocycles. The van der Waals surface area contributed by atoms with Crippen molar-refractivity contribution in [3.05, 3.63) is 17.8 Å². The Hall–Kier alpha value is -0.830. The van der Waals surface area contributed by atoms with Gasteiger partial charge in [0.05, 0.1) is 6.20 Å². The van der Waals surface area contributed by atoms with Gasteiger partial charge in [0.25, 0.3) is 0 Å². The second kappa shape index (κ2) is 4.35. The SMILES string of the molecule is CC(C)c1cnc(C2CCN(C)CC2)o1. The van der Waals surface area contributed by atoms with Crippen molar-refractivity contribution in [3.8, 4) is 0 Å². The van der Waals surface area contributed by atoms with Crippen molar-refractivity contribution in [1.29, 1.82) is 0 Å². The first kappa shape index (κ1) is 10.7. The predicted octanol–water partition coefficient (Wildman–Crippen LogP) is 2.61. The molecule has 2 rings (SSSR count). The summed E-state index contributed by atoms with van der Waals surface area (Å²) in [5, 5.41) is 0. The van der Waals surface area contributed by atoms with Gasteiger partial charge in [-0.2, -0.15) is 0 Å². The molecule has 1 saturated heterocycles. The van der Waals surface area contributed by atoms with Gasteiger partial charge in [-0.05, 0) is 33.0 Å². The lowest BCUT2D eigenvalue weighted by Gasteiger charge is -2.26. The minimum Gasteiger partial charge on any atom is -0.445 e. The second-order valence-electron chi connectivity index (χ2n) is 4.83. The molecular formula is C12H20N2O. The summed E-state index contributed by atoms with van der Waals surface area (Å²) in [5.41, 5.74) is 0. The van der Waals surface area contributed by atoms with E-state index in [0.29, 0.717) is 11.8 Å². The van der Waals surface area contributed by atoms with Crippen LogP contribution in [0.25, 0.3) is 0 Å². The summed E-state index contributed by atoms with van der Waals surface area (Å²) >= 11 is 0. The van der Waals surface area contributed by atoms with Gasteiger partial charge in [-0.1, -0.05) is 13.8 Å². The van der Waals surface area contributed by atoms with Crippen LogP contribution in [0.5, 0.6) is 0 Å². The van der Waals surface area contributed by atoms with Gasteiger partial charge in [-0.15, -0.1) is 0 Å². The predicted molar refractivity (Wildman–Crippen MR) is 60.1 cm³/mol. The maximum absolute atomic E-state index is 5.79. The molecule has 84 valence electrons. The number of hydrogen-bond acceptors (Lipinski definition) is 3. The summed E-state index contributed by atoms with van der Waals surface area (Å²) < 4.78 is 5.79. The van der Waals surface area contributed by atoms with Crippen LogP contribution < -0.4 is 0 Å². The van der Waals surface area contributed by atoms with Crippen molar-refractivity contribution < 1.29 is 4.42 Å². The number of nitrogens with zero attached hydrogens (tertiary/aromatic N) is 2. The van der Waals surface area contributed by atoms with Gasteiger partial charge >= 0.3 is 0 Å². The van der Waals surface area contributed by atoms with Gasteiger partial charge in [-0.25, -0.2) is 4.98 Å². The topological polar surface area (TPSA) is 29.3 Å². The summed E-state index contributed by atoms with van der Waals surface area (Å²) in [6.45, 7) is 6.59. The molecule has 2 heterocycles. The highest BCUT2D eigenvalue weighted by Crippen LogP contribution is 2.28. The van der Waals surface area contributed by atoms with E-state index >= 15 is 0 Å². The van der Waals surface area contributed by atoms with E-state index < -0.39 is 0 Å². The maximum atomic E-state index is 5.79. The zero-order chi connectivity index (χ0) is 10.8. The molecule has 0 aromatic carbocycles. The van der Waals surface area contributed by atoms with Crippen molar-refractivity contribution in [2.24, 2.45) is 0 Å². The van der Waals surface area contributed by atoms with E-state index in [4.69, 9.17) is 4.42 Å². The third kappa shape index (κ3) is 2.40. The molecule has 1 aromatic heterocycles. The monoisotopic (exact) mass is 208 g/mol. The number of rotatable bonds is 2. The van der Waals surface area contributed by atoms with Gasteiger partial charge in [0.15, 0.2) is 5.89 Å². The minimum absolute atomic E-state index is 0.442. The molecular weight excluding hydrogens is 188 g/mol. The van der Waals surface area contributed by atoms with Crippen LogP contribution in [-0.4, -0.2) is 30.0 Å². The van der Waals surface area contributed by atoms with E-state index in [0.717, 1.165) is 24.7 Å². The van der Waals surface area contributed by atoms with Crippen LogP contribution in [0.15, 0.2) is 10.6 Å². The molecule has 0 unspecified atom stereocenters. The van der Waals surface area contributed by atoms with E-state index in [9.17, 15) is 0 Å². The van der Waals surface area contributed by atoms with Crippen LogP contribution in [0.4, 0.5) is 0 Å². The van der Waals surface area contributed by atoms with Gasteiger partial charge in [0.2, 0.25) is 0 Å². The molecule has 0 amide bonds. The summed E-state index contributed by atoms with van der Waals surface area (Å²) in [7, 11) is 2.17. The Morgan fingerprint density at radius 2 is 2.07 bits per heavy atom. The lowest BCUT2D eigenvalue weighted by atomic mass is 9.97. The van der Waals surface area contributed by atoms with Crippen LogP contribution in [0.2, 0.25) is 0 Å². The Bertz CT molecular complexity index is 311. The molecule has 0 radical (unpaired) electrons. The molecule has 1 aliphatic heterocycles. The number of likely N-dealkylation sites (tertiary alicyclic amines) is 1. The van der Waals surface area contributed by atoms with Gasteiger partial charge in [0.1, 0.15) is 5.76 Å². The fourth-order valence-corrected chi connectivity index (χ4v) is 2.01. The van der Waals surface area contributed by atoms with Crippen molar-refractivity contribution in [2.45, 2.75) is 38.5 Å². The third-order valence-electron chi connectivity index (χ3n) is 3.18. The molecule has 1 aliphatic rings. The van der Waals surface area contributed by atoms with Crippen LogP contribution in [0.1, 0.15) is 50.2 Å². The first-order valence-corrected chi connectivity index (χ1v) is 5.81. The molecule has 1 fully saturated rings. The van der Waals surface area contributed by atoms with Gasteiger partial charge < -0.3 is 9.32 Å². The van der Waals surface area contributed by atoms with Crippen molar-refractivity contribution in [1.82, 2.24) is 9.88 Å². The van der Waals surface area contributed by atoms with E-state index in [1.165, 1.54) is 12.8 Å². The fraction of sp³-hybridized carbons (Fsp3) is 0.750. The number of hydrogen-bond donors (Lipinski definition) is 0. The fourth-order valence-electron chi connectivity index (χ4n) is 2.01. The molecule has 15 heavy (non-hydrogen) atoms. The Kier molecular flexibility index (Phi) is 3.10. The lowest BCUT2D eigenvalue weighted by Crippen LogP contribution is -2.29. The quantitative estimate of drug-likeness (QED) is 0.748. The van der Waals surface area contributed by atoms with Crippen molar-refractivity contribution in [2.75, 3.05) is 20.1 Å². The zero-order valence-electron chi connectivity index (χ0n) is 9.86. The second-order valence-corrected chi connectivity index (χ2v) is 4.83. The Morgan fingerprint density at radius 3 is 2.60 bits per heavy atom. The largest absolute Gasteiger partial charge is 0.445 e. The third-order valence-corrected chi connectivity index (χ3v) is 3.18. The average molecular weight is 208 g/mol.